The maximum absolute atomic E-state index is 12.4. The number of hydrogen-bond donors (Lipinski definition) is 0. The number of thiocarbonyl (C=S) groups is 1. The normalized spacial score (nSPS) is 23.4. The Hall–Kier alpha value is -2.32. The first-order valence-corrected chi connectivity index (χ1v) is 10.8. The Balaban J connectivity index is 1.85. The number of hydrogen-bond acceptors (Lipinski definition) is 5. The van der Waals surface area contributed by atoms with Crippen LogP contribution in [0.3, 0.4) is 0 Å². The highest BCUT2D eigenvalue weighted by Gasteiger charge is 2.53. The van der Waals surface area contributed by atoms with Crippen LogP contribution in [0.15, 0.2) is 48.5 Å². The van der Waals surface area contributed by atoms with Crippen molar-refractivity contribution in [1.29, 1.82) is 0 Å². The summed E-state index contributed by atoms with van der Waals surface area (Å²) in [7, 11) is 0.0148. The topological polar surface area (TPSA) is 59.1 Å². The van der Waals surface area contributed by atoms with Crippen LogP contribution in [0.25, 0.3) is 0 Å². The first-order valence-electron chi connectivity index (χ1n) is 8.55. The molecule has 0 radical (unpaired) electrons. The summed E-state index contributed by atoms with van der Waals surface area (Å²) in [6.07, 6.45) is 0. The zero-order valence-corrected chi connectivity index (χ0v) is 16.7. The van der Waals surface area contributed by atoms with Crippen LogP contribution in [0.4, 0.5) is 11.4 Å². The Labute approximate surface area is 164 Å². The van der Waals surface area contributed by atoms with Gasteiger partial charge in [0.25, 0.3) is 0 Å². The molecule has 2 aromatic rings. The number of ether oxygens (including phenoxy) is 2. The molecule has 27 heavy (non-hydrogen) atoms. The van der Waals surface area contributed by atoms with E-state index in [-0.39, 0.29) is 23.6 Å². The van der Waals surface area contributed by atoms with Gasteiger partial charge in [0.2, 0.25) is 0 Å². The number of para-hydroxylation sites is 1. The van der Waals surface area contributed by atoms with Crippen LogP contribution >= 0.6 is 12.2 Å². The maximum atomic E-state index is 12.4. The SMILES string of the molecule is COc1ccc(OC)c(N2C(=S)N(c3ccccc3)[C@H]3CS(=O)(=O)C[C@H]32)c1. The van der Waals surface area contributed by atoms with Gasteiger partial charge in [-0.25, -0.2) is 8.42 Å². The number of sulfone groups is 1. The lowest BCUT2D eigenvalue weighted by Gasteiger charge is -2.27. The van der Waals surface area contributed by atoms with Gasteiger partial charge in [-0.15, -0.1) is 0 Å². The largest absolute Gasteiger partial charge is 0.497 e. The van der Waals surface area contributed by atoms with Gasteiger partial charge in [-0.3, -0.25) is 0 Å². The van der Waals surface area contributed by atoms with Crippen molar-refractivity contribution in [2.45, 2.75) is 12.1 Å². The standard InChI is InChI=1S/C19H20N2O4S2/c1-24-14-8-9-18(25-2)15(10-14)21-17-12-27(22,23)11-16(17)20(19(21)26)13-6-4-3-5-7-13/h3-10,16-17H,11-12H2,1-2H3/t16-,17+/m0/s1. The summed E-state index contributed by atoms with van der Waals surface area (Å²) in [5.41, 5.74) is 1.60. The molecule has 2 aliphatic rings. The number of rotatable bonds is 4. The van der Waals surface area contributed by atoms with Gasteiger partial charge in [0.1, 0.15) is 11.5 Å². The third kappa shape index (κ3) is 3.02. The van der Waals surface area contributed by atoms with Gasteiger partial charge in [-0.1, -0.05) is 18.2 Å². The first-order chi connectivity index (χ1) is 12.9. The molecule has 0 aromatic heterocycles. The van der Waals surface area contributed by atoms with Crippen molar-refractivity contribution < 1.29 is 17.9 Å². The Morgan fingerprint density at radius 3 is 2.26 bits per heavy atom. The lowest BCUT2D eigenvalue weighted by atomic mass is 10.1. The summed E-state index contributed by atoms with van der Waals surface area (Å²) in [6, 6.07) is 14.6. The summed E-state index contributed by atoms with van der Waals surface area (Å²) in [5, 5.41) is 0.567. The summed E-state index contributed by atoms with van der Waals surface area (Å²) in [5.74, 6) is 1.41. The van der Waals surface area contributed by atoms with Gasteiger partial charge in [0, 0.05) is 11.8 Å². The van der Waals surface area contributed by atoms with E-state index in [1.807, 2.05) is 46.2 Å². The van der Waals surface area contributed by atoms with Gasteiger partial charge in [0.05, 0.1) is 43.5 Å². The minimum Gasteiger partial charge on any atom is -0.497 e. The highest BCUT2D eigenvalue weighted by molar-refractivity contribution is 7.91. The van der Waals surface area contributed by atoms with E-state index < -0.39 is 9.84 Å². The molecule has 2 heterocycles. The number of methoxy groups -OCH3 is 2. The fraction of sp³-hybridized carbons (Fsp3) is 0.316. The van der Waals surface area contributed by atoms with Crippen molar-refractivity contribution in [2.24, 2.45) is 0 Å². The van der Waals surface area contributed by atoms with Gasteiger partial charge < -0.3 is 19.3 Å². The lowest BCUT2D eigenvalue weighted by molar-refractivity contribution is 0.403. The Kier molecular flexibility index (Phi) is 4.47. The fourth-order valence-corrected chi connectivity index (χ4v) is 6.25. The van der Waals surface area contributed by atoms with Gasteiger partial charge in [-0.05, 0) is 36.5 Å². The monoisotopic (exact) mass is 404 g/mol. The fourth-order valence-electron chi connectivity index (χ4n) is 3.86. The van der Waals surface area contributed by atoms with Gasteiger partial charge >= 0.3 is 0 Å². The van der Waals surface area contributed by atoms with Crippen molar-refractivity contribution in [3.05, 3.63) is 48.5 Å². The molecule has 2 saturated heterocycles. The molecule has 0 spiro atoms. The van der Waals surface area contributed by atoms with Crippen molar-refractivity contribution >= 4 is 38.5 Å². The summed E-state index contributed by atoms with van der Waals surface area (Å²) >= 11 is 5.80. The molecule has 2 aliphatic heterocycles. The number of benzene rings is 2. The van der Waals surface area contributed by atoms with Crippen LogP contribution in [0.1, 0.15) is 0 Å². The molecule has 8 heteroatoms. The summed E-state index contributed by atoms with van der Waals surface area (Å²) < 4.78 is 35.7. The summed E-state index contributed by atoms with van der Waals surface area (Å²) in [6.45, 7) is 0. The smallest absolute Gasteiger partial charge is 0.181 e. The molecule has 2 fully saturated rings. The van der Waals surface area contributed by atoms with E-state index >= 15 is 0 Å². The number of fused-ring (bicyclic) bond motifs is 1. The quantitative estimate of drug-likeness (QED) is 0.726. The predicted molar refractivity (Wildman–Crippen MR) is 110 cm³/mol. The summed E-state index contributed by atoms with van der Waals surface area (Å²) in [4.78, 5) is 3.85. The molecular formula is C19H20N2O4S2. The molecule has 0 N–H and O–H groups in total. The zero-order chi connectivity index (χ0) is 19.2. The van der Waals surface area contributed by atoms with Crippen LogP contribution in [0, 0.1) is 0 Å². The molecule has 0 unspecified atom stereocenters. The number of anilines is 2. The first kappa shape index (κ1) is 18.1. The van der Waals surface area contributed by atoms with E-state index in [0.717, 1.165) is 5.69 Å². The van der Waals surface area contributed by atoms with Crippen LogP contribution in [0.5, 0.6) is 11.5 Å². The van der Waals surface area contributed by atoms with Crippen LogP contribution in [-0.4, -0.2) is 51.3 Å². The molecule has 0 bridgehead atoms. The zero-order valence-electron chi connectivity index (χ0n) is 15.0. The Bertz CT molecular complexity index is 978. The van der Waals surface area contributed by atoms with Gasteiger partial charge in [0.15, 0.2) is 14.9 Å². The molecule has 0 saturated carbocycles. The third-order valence-electron chi connectivity index (χ3n) is 5.05. The molecule has 142 valence electrons. The molecule has 2 aromatic carbocycles. The number of nitrogens with zero attached hydrogens (tertiary/aromatic N) is 2. The van der Waals surface area contributed by atoms with Crippen molar-refractivity contribution in [3.63, 3.8) is 0 Å². The highest BCUT2D eigenvalue weighted by Crippen LogP contribution is 2.42. The van der Waals surface area contributed by atoms with Crippen LogP contribution in [-0.2, 0) is 9.84 Å². The van der Waals surface area contributed by atoms with E-state index in [1.54, 1.807) is 26.4 Å². The van der Waals surface area contributed by atoms with E-state index in [9.17, 15) is 8.42 Å². The Morgan fingerprint density at radius 1 is 0.963 bits per heavy atom. The van der Waals surface area contributed by atoms with E-state index in [1.165, 1.54) is 0 Å². The van der Waals surface area contributed by atoms with Crippen LogP contribution in [0.2, 0.25) is 0 Å². The molecule has 6 nitrogen and oxygen atoms in total. The average Bonchev–Trinajstić information content (AvgIpc) is 3.10. The molecule has 4 rings (SSSR count). The molecule has 0 aliphatic carbocycles. The van der Waals surface area contributed by atoms with Crippen molar-refractivity contribution in [2.75, 3.05) is 35.5 Å². The van der Waals surface area contributed by atoms with Crippen molar-refractivity contribution in [1.82, 2.24) is 0 Å². The van der Waals surface area contributed by atoms with Gasteiger partial charge in [-0.2, -0.15) is 0 Å². The lowest BCUT2D eigenvalue weighted by Crippen LogP contribution is -2.37. The minimum absolute atomic E-state index is 0.0570. The second-order valence-corrected chi connectivity index (χ2v) is 9.13. The van der Waals surface area contributed by atoms with E-state index in [0.29, 0.717) is 22.3 Å². The third-order valence-corrected chi connectivity index (χ3v) is 7.14. The second-order valence-electron chi connectivity index (χ2n) is 6.61. The Morgan fingerprint density at radius 2 is 1.63 bits per heavy atom. The average molecular weight is 405 g/mol. The van der Waals surface area contributed by atoms with E-state index in [4.69, 9.17) is 21.7 Å². The highest BCUT2D eigenvalue weighted by atomic mass is 32.2. The molecule has 2 atom stereocenters. The minimum atomic E-state index is -3.16. The van der Waals surface area contributed by atoms with E-state index in [2.05, 4.69) is 0 Å². The van der Waals surface area contributed by atoms with Crippen molar-refractivity contribution in [3.8, 4) is 11.5 Å². The molecule has 0 amide bonds. The predicted octanol–water partition coefficient (Wildman–Crippen LogP) is 2.48. The maximum Gasteiger partial charge on any atom is 0.181 e. The molecular weight excluding hydrogens is 384 g/mol. The van der Waals surface area contributed by atoms with Crippen LogP contribution < -0.4 is 19.3 Å². The second kappa shape index (κ2) is 6.69.